The number of hydrogen-bond acceptors (Lipinski definition) is 5. The molecule has 0 spiro atoms. The number of halogens is 1. The molecule has 0 aliphatic heterocycles. The molecule has 2 rings (SSSR count). The Labute approximate surface area is 122 Å². The van der Waals surface area contributed by atoms with E-state index < -0.39 is 22.4 Å². The first-order valence-electron chi connectivity index (χ1n) is 5.57. The lowest BCUT2D eigenvalue weighted by molar-refractivity contribution is -0.385. The molecule has 0 unspecified atom stereocenters. The average Bonchev–Trinajstić information content (AvgIpc) is 2.98. The zero-order valence-electron chi connectivity index (χ0n) is 10.3. The summed E-state index contributed by atoms with van der Waals surface area (Å²) in [7, 11) is 0. The smallest absolute Gasteiger partial charge is 0.305 e. The summed E-state index contributed by atoms with van der Waals surface area (Å²) in [4.78, 5) is 33.5. The number of hydrogen-bond donors (Lipinski definition) is 2. The summed E-state index contributed by atoms with van der Waals surface area (Å²) in [6, 6.07) is 6.46. The molecule has 0 aliphatic rings. The van der Waals surface area contributed by atoms with Crippen molar-refractivity contribution in [2.24, 2.45) is 0 Å². The van der Waals surface area contributed by atoms with E-state index >= 15 is 0 Å². The molecule has 0 saturated carbocycles. The van der Waals surface area contributed by atoms with Crippen LogP contribution in [0.1, 0.15) is 20.9 Å². The van der Waals surface area contributed by atoms with Crippen LogP contribution in [-0.4, -0.2) is 16.7 Å². The van der Waals surface area contributed by atoms with Crippen LogP contribution in [-0.2, 0) is 0 Å². The Morgan fingerprint density at radius 1 is 1.19 bits per heavy atom. The minimum absolute atomic E-state index is 0.0131. The van der Waals surface area contributed by atoms with E-state index in [0.29, 0.717) is 0 Å². The topological polar surface area (TPSA) is 114 Å². The van der Waals surface area contributed by atoms with Gasteiger partial charge in [0.15, 0.2) is 5.76 Å². The Bertz CT molecular complexity index is 699. The van der Waals surface area contributed by atoms with Crippen molar-refractivity contribution in [3.05, 3.63) is 63.1 Å². The zero-order valence-corrected chi connectivity index (χ0v) is 11.1. The van der Waals surface area contributed by atoms with Gasteiger partial charge in [0.1, 0.15) is 5.56 Å². The molecule has 2 N–H and O–H groups in total. The van der Waals surface area contributed by atoms with Gasteiger partial charge in [-0.05, 0) is 24.3 Å². The minimum atomic E-state index is -0.849. The molecule has 0 aliphatic carbocycles. The lowest BCUT2D eigenvalue weighted by atomic mass is 10.2. The average molecular weight is 310 g/mol. The molecule has 0 radical (unpaired) electrons. The summed E-state index contributed by atoms with van der Waals surface area (Å²) in [5.74, 6) is -1.55. The molecule has 1 aromatic heterocycles. The van der Waals surface area contributed by atoms with Gasteiger partial charge in [0.25, 0.3) is 11.6 Å². The molecule has 9 heteroatoms. The van der Waals surface area contributed by atoms with E-state index in [2.05, 4.69) is 10.9 Å². The predicted molar refractivity (Wildman–Crippen MR) is 71.7 cm³/mol. The fourth-order valence-corrected chi connectivity index (χ4v) is 1.66. The van der Waals surface area contributed by atoms with Crippen LogP contribution in [0, 0.1) is 10.1 Å². The molecular weight excluding hydrogens is 302 g/mol. The number of carbonyl (C=O) groups excluding carboxylic acids is 2. The van der Waals surface area contributed by atoms with E-state index in [1.54, 1.807) is 0 Å². The molecule has 8 nitrogen and oxygen atoms in total. The van der Waals surface area contributed by atoms with E-state index in [9.17, 15) is 19.7 Å². The lowest BCUT2D eigenvalue weighted by Crippen LogP contribution is -2.41. The number of hydrazine groups is 1. The number of nitro groups is 1. The van der Waals surface area contributed by atoms with Gasteiger partial charge in [-0.15, -0.1) is 0 Å². The molecule has 108 valence electrons. The third-order valence-corrected chi connectivity index (χ3v) is 2.67. The van der Waals surface area contributed by atoms with Gasteiger partial charge >= 0.3 is 5.91 Å². The number of benzene rings is 1. The van der Waals surface area contributed by atoms with Crippen LogP contribution >= 0.6 is 11.6 Å². The van der Waals surface area contributed by atoms with Crippen LogP contribution in [0.4, 0.5) is 5.69 Å². The molecule has 0 bridgehead atoms. The van der Waals surface area contributed by atoms with Crippen LogP contribution in [0.5, 0.6) is 0 Å². The van der Waals surface area contributed by atoms with Gasteiger partial charge in [0.05, 0.1) is 11.2 Å². The molecule has 2 amide bonds. The van der Waals surface area contributed by atoms with Crippen molar-refractivity contribution < 1.29 is 18.9 Å². The summed E-state index contributed by atoms with van der Waals surface area (Å²) in [6.07, 6.45) is 1.29. The summed E-state index contributed by atoms with van der Waals surface area (Å²) in [6.45, 7) is 0. The highest BCUT2D eigenvalue weighted by atomic mass is 35.5. The number of nitrogens with one attached hydrogen (secondary N) is 2. The molecule has 0 atom stereocenters. The first-order valence-corrected chi connectivity index (χ1v) is 5.95. The minimum Gasteiger partial charge on any atom is -0.459 e. The number of amides is 2. The predicted octanol–water partition coefficient (Wildman–Crippen LogP) is 1.92. The second kappa shape index (κ2) is 6.06. The second-order valence-electron chi connectivity index (χ2n) is 3.80. The van der Waals surface area contributed by atoms with Crippen molar-refractivity contribution >= 4 is 29.1 Å². The number of rotatable bonds is 3. The van der Waals surface area contributed by atoms with E-state index in [1.807, 2.05) is 0 Å². The van der Waals surface area contributed by atoms with Gasteiger partial charge in [-0.1, -0.05) is 11.6 Å². The maximum Gasteiger partial charge on any atom is 0.305 e. The molecule has 2 aromatic rings. The van der Waals surface area contributed by atoms with Gasteiger partial charge in [0, 0.05) is 11.1 Å². The van der Waals surface area contributed by atoms with E-state index in [4.69, 9.17) is 16.0 Å². The fourth-order valence-electron chi connectivity index (χ4n) is 1.50. The number of carbonyl (C=O) groups is 2. The molecule has 0 fully saturated rings. The third-order valence-electron chi connectivity index (χ3n) is 2.44. The second-order valence-corrected chi connectivity index (χ2v) is 4.24. The Kier molecular flexibility index (Phi) is 4.19. The monoisotopic (exact) mass is 309 g/mol. The Morgan fingerprint density at radius 3 is 2.52 bits per heavy atom. The van der Waals surface area contributed by atoms with Crippen molar-refractivity contribution in [1.82, 2.24) is 10.9 Å². The highest BCUT2D eigenvalue weighted by molar-refractivity contribution is 6.31. The SMILES string of the molecule is O=C(NNC(=O)c1ccc(Cl)cc1[N+](=O)[O-])c1ccco1. The van der Waals surface area contributed by atoms with Crippen LogP contribution in [0.3, 0.4) is 0 Å². The Balaban J connectivity index is 2.10. The highest BCUT2D eigenvalue weighted by Crippen LogP contribution is 2.22. The zero-order chi connectivity index (χ0) is 15.4. The summed E-state index contributed by atoms with van der Waals surface area (Å²) in [5, 5.41) is 11.0. The fraction of sp³-hybridized carbons (Fsp3) is 0. The summed E-state index contributed by atoms with van der Waals surface area (Å²) >= 11 is 5.64. The van der Waals surface area contributed by atoms with Crippen LogP contribution in [0.25, 0.3) is 0 Å². The van der Waals surface area contributed by atoms with Crippen molar-refractivity contribution in [1.29, 1.82) is 0 Å². The van der Waals surface area contributed by atoms with Gasteiger partial charge in [-0.2, -0.15) is 0 Å². The van der Waals surface area contributed by atoms with Gasteiger partial charge < -0.3 is 4.42 Å². The first kappa shape index (κ1) is 14.5. The van der Waals surface area contributed by atoms with Gasteiger partial charge in [0.2, 0.25) is 0 Å². The molecule has 1 heterocycles. The molecule has 1 aromatic carbocycles. The van der Waals surface area contributed by atoms with Crippen molar-refractivity contribution in [2.45, 2.75) is 0 Å². The molecule has 21 heavy (non-hydrogen) atoms. The maximum atomic E-state index is 11.9. The van der Waals surface area contributed by atoms with Gasteiger partial charge in [-0.25, -0.2) is 0 Å². The van der Waals surface area contributed by atoms with Gasteiger partial charge in [-0.3, -0.25) is 30.6 Å². The van der Waals surface area contributed by atoms with Crippen molar-refractivity contribution in [3.63, 3.8) is 0 Å². The quantitative estimate of drug-likeness (QED) is 0.664. The molecular formula is C12H8ClN3O5. The highest BCUT2D eigenvalue weighted by Gasteiger charge is 2.21. The number of furan rings is 1. The van der Waals surface area contributed by atoms with Crippen LogP contribution < -0.4 is 10.9 Å². The van der Waals surface area contributed by atoms with Crippen molar-refractivity contribution in [2.75, 3.05) is 0 Å². The largest absolute Gasteiger partial charge is 0.459 e. The van der Waals surface area contributed by atoms with Crippen LogP contribution in [0.15, 0.2) is 41.0 Å². The van der Waals surface area contributed by atoms with Crippen LogP contribution in [0.2, 0.25) is 5.02 Å². The van der Waals surface area contributed by atoms with E-state index in [-0.39, 0.29) is 16.3 Å². The first-order chi connectivity index (χ1) is 9.99. The lowest BCUT2D eigenvalue weighted by Gasteiger charge is -2.06. The summed E-state index contributed by atoms with van der Waals surface area (Å²) < 4.78 is 4.82. The number of nitrogens with zero attached hydrogens (tertiary/aromatic N) is 1. The maximum absolute atomic E-state index is 11.9. The van der Waals surface area contributed by atoms with Crippen molar-refractivity contribution in [3.8, 4) is 0 Å². The molecule has 0 saturated heterocycles. The van der Waals surface area contributed by atoms with E-state index in [0.717, 1.165) is 6.07 Å². The Hall–Kier alpha value is -2.87. The number of nitro benzene ring substituents is 1. The van der Waals surface area contributed by atoms with E-state index in [1.165, 1.54) is 30.5 Å². The summed E-state index contributed by atoms with van der Waals surface area (Å²) in [5.41, 5.74) is 3.43. The standard InChI is InChI=1S/C12H8ClN3O5/c13-7-3-4-8(9(6-7)16(19)20)11(17)14-15-12(18)10-2-1-5-21-10/h1-6H,(H,14,17)(H,15,18). The third kappa shape index (κ3) is 3.37. The Morgan fingerprint density at radius 2 is 1.90 bits per heavy atom. The normalized spacial score (nSPS) is 9.95.